The molecule has 2 aromatic rings. The van der Waals surface area contributed by atoms with Gasteiger partial charge in [-0.2, -0.15) is 0 Å². The number of ether oxygens (including phenoxy) is 2. The van der Waals surface area contributed by atoms with Gasteiger partial charge in [0.25, 0.3) is 0 Å². The monoisotopic (exact) mass is 361 g/mol. The van der Waals surface area contributed by atoms with Crippen molar-refractivity contribution in [3.63, 3.8) is 0 Å². The molecule has 0 aromatic heterocycles. The van der Waals surface area contributed by atoms with E-state index in [1.54, 1.807) is 0 Å². The van der Waals surface area contributed by atoms with Gasteiger partial charge in [-0.05, 0) is 36.1 Å². The predicted octanol–water partition coefficient (Wildman–Crippen LogP) is 3.55. The number of hydrogen-bond acceptors (Lipinski definition) is 4. The number of benzene rings is 2. The number of rotatable bonds is 10. The van der Waals surface area contributed by atoms with Crippen molar-refractivity contribution < 1.29 is 14.6 Å². The van der Waals surface area contributed by atoms with Crippen molar-refractivity contribution in [2.24, 2.45) is 0 Å². The Kier molecular flexibility index (Phi) is 6.70. The van der Waals surface area contributed by atoms with Gasteiger partial charge >= 0.3 is 0 Å². The van der Waals surface area contributed by atoms with Crippen molar-refractivity contribution in [2.45, 2.75) is 38.1 Å². The fourth-order valence-electron chi connectivity index (χ4n) is 2.44. The van der Waals surface area contributed by atoms with E-state index in [9.17, 15) is 5.11 Å². The van der Waals surface area contributed by atoms with E-state index in [-0.39, 0.29) is 13.2 Å². The summed E-state index contributed by atoms with van der Waals surface area (Å²) < 4.78 is 11.1. The molecule has 134 valence electrons. The van der Waals surface area contributed by atoms with Crippen LogP contribution in [0.25, 0.3) is 0 Å². The highest BCUT2D eigenvalue weighted by Gasteiger charge is 2.20. The lowest BCUT2D eigenvalue weighted by atomic mass is 10.2. The first-order valence-corrected chi connectivity index (χ1v) is 9.03. The molecule has 1 unspecified atom stereocenters. The van der Waals surface area contributed by atoms with Gasteiger partial charge in [0.05, 0.1) is 18.2 Å². The van der Waals surface area contributed by atoms with Crippen LogP contribution in [-0.2, 0) is 17.9 Å². The molecule has 1 fully saturated rings. The molecule has 0 amide bonds. The number of hydrogen-bond donors (Lipinski definition) is 2. The first kappa shape index (κ1) is 18.2. The van der Waals surface area contributed by atoms with Crippen molar-refractivity contribution in [3.05, 3.63) is 64.7 Å². The van der Waals surface area contributed by atoms with Crippen LogP contribution >= 0.6 is 11.6 Å². The Morgan fingerprint density at radius 2 is 1.88 bits per heavy atom. The highest BCUT2D eigenvalue weighted by molar-refractivity contribution is 6.32. The Morgan fingerprint density at radius 3 is 2.60 bits per heavy atom. The van der Waals surface area contributed by atoms with E-state index in [0.717, 1.165) is 17.7 Å². The molecule has 0 spiro atoms. The lowest BCUT2D eigenvalue weighted by molar-refractivity contribution is 0.00551. The summed E-state index contributed by atoms with van der Waals surface area (Å²) in [5.74, 6) is 0.582. The Labute approximate surface area is 153 Å². The fourth-order valence-corrected chi connectivity index (χ4v) is 2.70. The molecule has 1 atom stereocenters. The second-order valence-electron chi connectivity index (χ2n) is 6.39. The van der Waals surface area contributed by atoms with Gasteiger partial charge in [-0.3, -0.25) is 0 Å². The molecule has 0 bridgehead atoms. The maximum absolute atomic E-state index is 9.98. The number of aliphatic hydroxyl groups is 1. The van der Waals surface area contributed by atoms with Gasteiger partial charge in [0.1, 0.15) is 18.5 Å². The molecule has 25 heavy (non-hydrogen) atoms. The van der Waals surface area contributed by atoms with Gasteiger partial charge < -0.3 is 19.9 Å². The second kappa shape index (κ2) is 9.20. The van der Waals surface area contributed by atoms with Gasteiger partial charge in [0.2, 0.25) is 0 Å². The summed E-state index contributed by atoms with van der Waals surface area (Å²) >= 11 is 6.26. The Morgan fingerprint density at radius 1 is 1.08 bits per heavy atom. The second-order valence-corrected chi connectivity index (χ2v) is 6.79. The summed E-state index contributed by atoms with van der Waals surface area (Å²) in [6, 6.07) is 16.3. The van der Waals surface area contributed by atoms with Gasteiger partial charge in [-0.1, -0.05) is 48.0 Å². The molecule has 3 rings (SSSR count). The van der Waals surface area contributed by atoms with Crippen LogP contribution in [0.3, 0.4) is 0 Å². The van der Waals surface area contributed by atoms with Crippen molar-refractivity contribution in [3.8, 4) is 5.75 Å². The molecule has 5 heteroatoms. The van der Waals surface area contributed by atoms with Crippen molar-refractivity contribution in [1.29, 1.82) is 0 Å². The molecule has 0 aliphatic heterocycles. The SMILES string of the molecule is OC(COCc1ccccc1)COc1ccc(CNC2CC2)cc1Cl. The zero-order valence-corrected chi connectivity index (χ0v) is 14.9. The highest BCUT2D eigenvalue weighted by Crippen LogP contribution is 2.26. The first-order chi connectivity index (χ1) is 12.2. The average molecular weight is 362 g/mol. The van der Waals surface area contributed by atoms with Crippen LogP contribution in [0.15, 0.2) is 48.5 Å². The van der Waals surface area contributed by atoms with Crippen LogP contribution in [0.5, 0.6) is 5.75 Å². The van der Waals surface area contributed by atoms with Crippen LogP contribution < -0.4 is 10.1 Å². The van der Waals surface area contributed by atoms with Crippen LogP contribution in [0.2, 0.25) is 5.02 Å². The standard InChI is InChI=1S/C20H24ClNO3/c21-19-10-16(11-22-17-7-8-17)6-9-20(19)25-14-18(23)13-24-12-15-4-2-1-3-5-15/h1-6,9-10,17-18,22-23H,7-8,11-14H2. The van der Waals surface area contributed by atoms with E-state index in [4.69, 9.17) is 21.1 Å². The summed E-state index contributed by atoms with van der Waals surface area (Å²) in [5.41, 5.74) is 2.21. The zero-order valence-electron chi connectivity index (χ0n) is 14.2. The Balaban J connectivity index is 1.38. The van der Waals surface area contributed by atoms with E-state index >= 15 is 0 Å². The molecule has 0 heterocycles. The molecule has 0 radical (unpaired) electrons. The summed E-state index contributed by atoms with van der Waals surface area (Å²) in [6.07, 6.45) is 1.83. The molecule has 0 saturated heterocycles. The molecular formula is C20H24ClNO3. The largest absolute Gasteiger partial charge is 0.489 e. The number of aliphatic hydroxyl groups excluding tert-OH is 1. The van der Waals surface area contributed by atoms with Crippen molar-refractivity contribution in [1.82, 2.24) is 5.32 Å². The average Bonchev–Trinajstić information content (AvgIpc) is 3.44. The third-order valence-corrected chi connectivity index (χ3v) is 4.32. The summed E-state index contributed by atoms with van der Waals surface area (Å²) in [7, 11) is 0. The molecule has 1 aliphatic rings. The predicted molar refractivity (Wildman–Crippen MR) is 98.9 cm³/mol. The minimum absolute atomic E-state index is 0.147. The number of halogens is 1. The molecule has 4 nitrogen and oxygen atoms in total. The zero-order chi connectivity index (χ0) is 17.5. The summed E-state index contributed by atoms with van der Waals surface area (Å²) in [4.78, 5) is 0. The topological polar surface area (TPSA) is 50.7 Å². The lowest BCUT2D eigenvalue weighted by Crippen LogP contribution is -2.23. The smallest absolute Gasteiger partial charge is 0.138 e. The van der Waals surface area contributed by atoms with Gasteiger partial charge in [-0.25, -0.2) is 0 Å². The van der Waals surface area contributed by atoms with Crippen LogP contribution in [0.4, 0.5) is 0 Å². The van der Waals surface area contributed by atoms with Gasteiger partial charge in [-0.15, -0.1) is 0 Å². The minimum atomic E-state index is -0.698. The van der Waals surface area contributed by atoms with Crippen LogP contribution in [-0.4, -0.2) is 30.5 Å². The molecule has 2 N–H and O–H groups in total. The fraction of sp³-hybridized carbons (Fsp3) is 0.400. The minimum Gasteiger partial charge on any atom is -0.489 e. The van der Waals surface area contributed by atoms with E-state index < -0.39 is 6.10 Å². The summed E-state index contributed by atoms with van der Waals surface area (Å²) in [5, 5.41) is 14.0. The summed E-state index contributed by atoms with van der Waals surface area (Å²) in [6.45, 7) is 1.66. The van der Waals surface area contributed by atoms with Gasteiger partial charge in [0, 0.05) is 12.6 Å². The molecule has 1 saturated carbocycles. The van der Waals surface area contributed by atoms with E-state index in [2.05, 4.69) is 5.32 Å². The third-order valence-electron chi connectivity index (χ3n) is 4.02. The maximum Gasteiger partial charge on any atom is 0.138 e. The Hall–Kier alpha value is -1.59. The van der Waals surface area contributed by atoms with Crippen molar-refractivity contribution in [2.75, 3.05) is 13.2 Å². The van der Waals surface area contributed by atoms with E-state index in [1.165, 1.54) is 12.8 Å². The molecule has 2 aromatic carbocycles. The molecule has 1 aliphatic carbocycles. The quantitative estimate of drug-likeness (QED) is 0.679. The normalized spacial score (nSPS) is 15.1. The molecular weight excluding hydrogens is 338 g/mol. The Bertz CT molecular complexity index is 661. The third kappa shape index (κ3) is 6.33. The van der Waals surface area contributed by atoms with E-state index in [0.29, 0.717) is 23.4 Å². The number of nitrogens with one attached hydrogen (secondary N) is 1. The van der Waals surface area contributed by atoms with E-state index in [1.807, 2.05) is 48.5 Å². The van der Waals surface area contributed by atoms with Crippen LogP contribution in [0.1, 0.15) is 24.0 Å². The first-order valence-electron chi connectivity index (χ1n) is 8.65. The maximum atomic E-state index is 9.98. The van der Waals surface area contributed by atoms with Crippen molar-refractivity contribution >= 4 is 11.6 Å². The highest BCUT2D eigenvalue weighted by atomic mass is 35.5. The van der Waals surface area contributed by atoms with Gasteiger partial charge in [0.15, 0.2) is 0 Å². The van der Waals surface area contributed by atoms with Crippen LogP contribution in [0, 0.1) is 0 Å². The lowest BCUT2D eigenvalue weighted by Gasteiger charge is -2.14.